The summed E-state index contributed by atoms with van der Waals surface area (Å²) in [5.41, 5.74) is 0.0285. The highest BCUT2D eigenvalue weighted by Crippen LogP contribution is 2.35. The molecule has 5 rings (SSSR count). The number of carboxylic acid groups (broad SMARTS) is 1. The maximum atomic E-state index is 13.6. The van der Waals surface area contributed by atoms with Crippen molar-refractivity contribution in [3.8, 4) is 0 Å². The maximum absolute atomic E-state index is 13.6. The predicted octanol–water partition coefficient (Wildman–Crippen LogP) is 6.73. The SMILES string of the molecule is O=C(NC[C@H]1CC[C@H](C(=O)O)CC1)c1cc(C(F)(F)F)cc2ccn(Cc3cc4cc(Cl)ccc4o3)c12. The van der Waals surface area contributed by atoms with Crippen LogP contribution in [0.1, 0.15) is 47.4 Å². The van der Waals surface area contributed by atoms with Gasteiger partial charge in [-0.25, -0.2) is 0 Å². The molecule has 2 heterocycles. The first-order valence-corrected chi connectivity index (χ1v) is 12.4. The normalized spacial score (nSPS) is 18.4. The number of alkyl halides is 3. The van der Waals surface area contributed by atoms with Crippen molar-refractivity contribution in [3.63, 3.8) is 0 Å². The fourth-order valence-electron chi connectivity index (χ4n) is 5.08. The van der Waals surface area contributed by atoms with Crippen molar-refractivity contribution in [2.75, 3.05) is 6.54 Å². The van der Waals surface area contributed by atoms with Crippen molar-refractivity contribution >= 4 is 45.3 Å². The van der Waals surface area contributed by atoms with Gasteiger partial charge in [0.1, 0.15) is 11.3 Å². The van der Waals surface area contributed by atoms with Gasteiger partial charge >= 0.3 is 12.1 Å². The van der Waals surface area contributed by atoms with Crippen LogP contribution < -0.4 is 5.32 Å². The Labute approximate surface area is 215 Å². The summed E-state index contributed by atoms with van der Waals surface area (Å²) in [6.07, 6.45) is -0.651. The highest BCUT2D eigenvalue weighted by atomic mass is 35.5. The lowest BCUT2D eigenvalue weighted by atomic mass is 9.82. The lowest BCUT2D eigenvalue weighted by Crippen LogP contribution is -2.32. The molecule has 4 aromatic rings. The Morgan fingerprint density at radius 1 is 1.05 bits per heavy atom. The van der Waals surface area contributed by atoms with Gasteiger partial charge in [-0.2, -0.15) is 13.2 Å². The van der Waals surface area contributed by atoms with Crippen molar-refractivity contribution in [2.24, 2.45) is 11.8 Å². The molecule has 37 heavy (non-hydrogen) atoms. The summed E-state index contributed by atoms with van der Waals surface area (Å²) in [5.74, 6) is -1.16. The van der Waals surface area contributed by atoms with Gasteiger partial charge in [0.15, 0.2) is 0 Å². The maximum Gasteiger partial charge on any atom is 0.416 e. The van der Waals surface area contributed by atoms with Crippen LogP contribution in [0.25, 0.3) is 21.9 Å². The average molecular weight is 533 g/mol. The Kier molecular flexibility index (Phi) is 6.66. The Bertz CT molecular complexity index is 1480. The minimum Gasteiger partial charge on any atom is -0.481 e. The minimum atomic E-state index is -4.61. The molecule has 2 aromatic heterocycles. The first-order chi connectivity index (χ1) is 17.6. The molecule has 1 aliphatic carbocycles. The van der Waals surface area contributed by atoms with Crippen LogP contribution in [0.2, 0.25) is 5.02 Å². The topological polar surface area (TPSA) is 84.5 Å². The first kappa shape index (κ1) is 25.2. The van der Waals surface area contributed by atoms with Crippen LogP contribution in [0, 0.1) is 11.8 Å². The number of amides is 1. The number of nitrogens with one attached hydrogen (secondary N) is 1. The summed E-state index contributed by atoms with van der Waals surface area (Å²) < 4.78 is 48.5. The summed E-state index contributed by atoms with van der Waals surface area (Å²) in [6.45, 7) is 0.481. The Morgan fingerprint density at radius 2 is 1.81 bits per heavy atom. The van der Waals surface area contributed by atoms with E-state index in [1.165, 1.54) is 0 Å². The van der Waals surface area contributed by atoms with Crippen LogP contribution in [-0.2, 0) is 17.5 Å². The highest BCUT2D eigenvalue weighted by Gasteiger charge is 2.33. The van der Waals surface area contributed by atoms with Crippen LogP contribution in [0.5, 0.6) is 0 Å². The van der Waals surface area contributed by atoms with Gasteiger partial charge in [-0.05, 0) is 74.1 Å². The second-order valence-electron chi connectivity index (χ2n) is 9.56. The number of carboxylic acids is 1. The monoisotopic (exact) mass is 532 g/mol. The third kappa shape index (κ3) is 5.32. The number of halogens is 4. The summed E-state index contributed by atoms with van der Waals surface area (Å²) >= 11 is 6.05. The Morgan fingerprint density at radius 3 is 2.51 bits per heavy atom. The molecule has 1 amide bonds. The number of nitrogens with zero attached hydrogens (tertiary/aromatic N) is 1. The number of carbonyl (C=O) groups excluding carboxylic acids is 1. The first-order valence-electron chi connectivity index (χ1n) is 12.0. The number of hydrogen-bond acceptors (Lipinski definition) is 3. The van der Waals surface area contributed by atoms with Crippen LogP contribution >= 0.6 is 11.6 Å². The molecule has 0 bridgehead atoms. The van der Waals surface area contributed by atoms with E-state index in [1.54, 1.807) is 35.0 Å². The van der Waals surface area contributed by atoms with E-state index in [0.717, 1.165) is 17.5 Å². The van der Waals surface area contributed by atoms with Crippen molar-refractivity contribution in [1.29, 1.82) is 0 Å². The zero-order valence-corrected chi connectivity index (χ0v) is 20.4. The third-order valence-electron chi connectivity index (χ3n) is 7.04. The molecule has 6 nitrogen and oxygen atoms in total. The van der Waals surface area contributed by atoms with E-state index in [4.69, 9.17) is 16.0 Å². The molecule has 1 aliphatic rings. The fraction of sp³-hybridized carbons (Fsp3) is 0.333. The average Bonchev–Trinajstić information content (AvgIpc) is 3.45. The molecule has 0 radical (unpaired) electrons. The van der Waals surface area contributed by atoms with Crippen molar-refractivity contribution in [2.45, 2.75) is 38.4 Å². The lowest BCUT2D eigenvalue weighted by Gasteiger charge is -2.26. The molecule has 10 heteroatoms. The van der Waals surface area contributed by atoms with Gasteiger partial charge in [0.25, 0.3) is 5.91 Å². The van der Waals surface area contributed by atoms with Crippen molar-refractivity contribution < 1.29 is 32.3 Å². The number of benzene rings is 2. The van der Waals surface area contributed by atoms with Crippen LogP contribution in [-0.4, -0.2) is 28.1 Å². The zero-order chi connectivity index (χ0) is 26.3. The minimum absolute atomic E-state index is 0.0757. The van der Waals surface area contributed by atoms with Gasteiger partial charge in [-0.3, -0.25) is 9.59 Å². The smallest absolute Gasteiger partial charge is 0.416 e. The number of aromatic nitrogens is 1. The van der Waals surface area contributed by atoms with E-state index < -0.39 is 23.6 Å². The molecule has 0 spiro atoms. The molecule has 0 unspecified atom stereocenters. The molecule has 2 aromatic carbocycles. The number of rotatable bonds is 6. The molecule has 0 saturated heterocycles. The van der Waals surface area contributed by atoms with E-state index >= 15 is 0 Å². The summed E-state index contributed by atoms with van der Waals surface area (Å²) in [5, 5.41) is 13.6. The quantitative estimate of drug-likeness (QED) is 0.288. The van der Waals surface area contributed by atoms with E-state index in [0.29, 0.717) is 53.0 Å². The Balaban J connectivity index is 1.43. The number of furan rings is 1. The predicted molar refractivity (Wildman–Crippen MR) is 133 cm³/mol. The molecular weight excluding hydrogens is 509 g/mol. The van der Waals surface area contributed by atoms with E-state index in [2.05, 4.69) is 5.32 Å². The molecule has 1 saturated carbocycles. The molecule has 1 fully saturated rings. The second-order valence-corrected chi connectivity index (χ2v) is 10.0. The summed E-state index contributed by atoms with van der Waals surface area (Å²) in [6, 6.07) is 10.5. The van der Waals surface area contributed by atoms with Gasteiger partial charge < -0.3 is 19.4 Å². The van der Waals surface area contributed by atoms with Crippen molar-refractivity contribution in [1.82, 2.24) is 9.88 Å². The number of aliphatic carboxylic acids is 1. The molecule has 0 atom stereocenters. The van der Waals surface area contributed by atoms with Gasteiger partial charge in [0.2, 0.25) is 0 Å². The molecule has 194 valence electrons. The van der Waals surface area contributed by atoms with Gasteiger partial charge in [0, 0.05) is 28.5 Å². The third-order valence-corrected chi connectivity index (χ3v) is 7.27. The molecule has 0 aliphatic heterocycles. The highest BCUT2D eigenvalue weighted by molar-refractivity contribution is 6.31. The number of carbonyl (C=O) groups is 2. The fourth-order valence-corrected chi connectivity index (χ4v) is 5.26. The second kappa shape index (κ2) is 9.78. The van der Waals surface area contributed by atoms with Gasteiger partial charge in [-0.15, -0.1) is 0 Å². The number of fused-ring (bicyclic) bond motifs is 2. The lowest BCUT2D eigenvalue weighted by molar-refractivity contribution is -0.143. The summed E-state index contributed by atoms with van der Waals surface area (Å²) in [4.78, 5) is 24.4. The van der Waals surface area contributed by atoms with E-state index in [9.17, 15) is 27.9 Å². The zero-order valence-electron chi connectivity index (χ0n) is 19.6. The van der Waals surface area contributed by atoms with Crippen LogP contribution in [0.3, 0.4) is 0 Å². The summed E-state index contributed by atoms with van der Waals surface area (Å²) in [7, 11) is 0. The standard InChI is InChI=1S/C27H24ClF3N2O4/c28-20-5-6-23-18(10-20)11-21(37-23)14-33-8-7-17-9-19(27(29,30)31)12-22(24(17)33)25(34)32-13-15-1-3-16(4-2-15)26(35)36/h5-12,15-16H,1-4,13-14H2,(H,32,34)(H,35,36)/t15-,16-. The van der Waals surface area contributed by atoms with E-state index in [-0.39, 0.29) is 30.5 Å². The Hall–Kier alpha value is -3.46. The molecular formula is C27H24ClF3N2O4. The number of hydrogen-bond donors (Lipinski definition) is 2. The molecule has 2 N–H and O–H groups in total. The van der Waals surface area contributed by atoms with Crippen LogP contribution in [0.4, 0.5) is 13.2 Å². The largest absolute Gasteiger partial charge is 0.481 e. The van der Waals surface area contributed by atoms with Crippen LogP contribution in [0.15, 0.2) is 53.1 Å². The van der Waals surface area contributed by atoms with Gasteiger partial charge in [0.05, 0.1) is 29.1 Å². The van der Waals surface area contributed by atoms with Gasteiger partial charge in [-0.1, -0.05) is 11.6 Å². The van der Waals surface area contributed by atoms with E-state index in [1.807, 2.05) is 6.07 Å². The van der Waals surface area contributed by atoms with Crippen molar-refractivity contribution in [3.05, 3.63) is 70.6 Å².